The molecular weight excluding hydrogens is 284 g/mol. The van der Waals surface area contributed by atoms with Crippen LogP contribution in [0.3, 0.4) is 0 Å². The van der Waals surface area contributed by atoms with Gasteiger partial charge in [-0.05, 0) is 19.4 Å². The average Bonchev–Trinajstić information content (AvgIpc) is 2.51. The van der Waals surface area contributed by atoms with Gasteiger partial charge in [-0.25, -0.2) is 0 Å². The minimum absolute atomic E-state index is 0.301. The van der Waals surface area contributed by atoms with E-state index in [0.29, 0.717) is 6.29 Å². The molecule has 0 heterocycles. The van der Waals surface area contributed by atoms with Crippen molar-refractivity contribution in [2.45, 2.75) is 38.9 Å². The Hall–Kier alpha value is -2.21. The van der Waals surface area contributed by atoms with E-state index >= 15 is 0 Å². The van der Waals surface area contributed by atoms with E-state index in [1.54, 1.807) is 38.1 Å². The van der Waals surface area contributed by atoms with Crippen LogP contribution in [0.4, 0.5) is 0 Å². The second-order valence-electron chi connectivity index (χ2n) is 5.14. The fourth-order valence-corrected chi connectivity index (χ4v) is 2.30. The van der Waals surface area contributed by atoms with Crippen LogP contribution in [0, 0.1) is 0 Å². The zero-order valence-electron chi connectivity index (χ0n) is 13.0. The Morgan fingerprint density at radius 2 is 1.86 bits per heavy atom. The third-order valence-electron chi connectivity index (χ3n) is 3.43. The molecule has 0 aromatic heterocycles. The van der Waals surface area contributed by atoms with E-state index in [-0.39, 0.29) is 12.5 Å². The zero-order chi connectivity index (χ0) is 16.7. The van der Waals surface area contributed by atoms with E-state index in [2.05, 4.69) is 5.32 Å². The summed E-state index contributed by atoms with van der Waals surface area (Å²) >= 11 is 0. The first-order valence-electron chi connectivity index (χ1n) is 7.12. The molecule has 1 aromatic rings. The van der Waals surface area contributed by atoms with Crippen molar-refractivity contribution in [1.82, 2.24) is 10.2 Å². The number of aldehydes is 1. The molecule has 0 aliphatic rings. The van der Waals surface area contributed by atoms with Gasteiger partial charge in [0.25, 0.3) is 0 Å². The number of rotatable bonds is 7. The highest BCUT2D eigenvalue weighted by molar-refractivity contribution is 5.88. The summed E-state index contributed by atoms with van der Waals surface area (Å²) in [6.07, 6.45) is 0.615. The molecule has 0 radical (unpaired) electrons. The minimum Gasteiger partial charge on any atom is -0.394 e. The summed E-state index contributed by atoms with van der Waals surface area (Å²) in [6.45, 7) is 4.17. The lowest BCUT2D eigenvalue weighted by molar-refractivity contribution is -0.142. The molecule has 1 aromatic carbocycles. The Morgan fingerprint density at radius 3 is 2.32 bits per heavy atom. The summed E-state index contributed by atoms with van der Waals surface area (Å²) in [5.74, 6) is -0.770. The van der Waals surface area contributed by atoms with E-state index in [0.717, 1.165) is 5.56 Å². The van der Waals surface area contributed by atoms with E-state index in [9.17, 15) is 19.5 Å². The first-order chi connectivity index (χ1) is 10.4. The van der Waals surface area contributed by atoms with Crippen LogP contribution in [0.25, 0.3) is 0 Å². The Morgan fingerprint density at radius 1 is 1.27 bits per heavy atom. The molecular formula is C16H22N2O4. The minimum atomic E-state index is -0.808. The number of hydrogen-bond acceptors (Lipinski definition) is 4. The van der Waals surface area contributed by atoms with Gasteiger partial charge in [-0.3, -0.25) is 9.59 Å². The maximum absolute atomic E-state index is 12.2. The topological polar surface area (TPSA) is 86.7 Å². The molecule has 0 unspecified atom stereocenters. The SMILES string of the molecule is CC(=O)N([C@@H](C)C(=O)N[C@@H](C)C=O)[C@@H](CO)c1ccccc1. The van der Waals surface area contributed by atoms with Crippen molar-refractivity contribution in [2.75, 3.05) is 6.61 Å². The van der Waals surface area contributed by atoms with Crippen LogP contribution in [-0.4, -0.2) is 46.8 Å². The van der Waals surface area contributed by atoms with E-state index in [4.69, 9.17) is 0 Å². The van der Waals surface area contributed by atoms with E-state index in [1.165, 1.54) is 11.8 Å². The zero-order valence-corrected chi connectivity index (χ0v) is 13.0. The molecule has 0 saturated carbocycles. The highest BCUT2D eigenvalue weighted by atomic mass is 16.3. The van der Waals surface area contributed by atoms with Gasteiger partial charge in [0.15, 0.2) is 0 Å². The van der Waals surface area contributed by atoms with E-state index < -0.39 is 24.0 Å². The first kappa shape index (κ1) is 17.8. The van der Waals surface area contributed by atoms with Crippen molar-refractivity contribution in [2.24, 2.45) is 0 Å². The van der Waals surface area contributed by atoms with Gasteiger partial charge in [0.05, 0.1) is 18.7 Å². The third kappa shape index (κ3) is 4.39. The first-order valence-corrected chi connectivity index (χ1v) is 7.12. The van der Waals surface area contributed by atoms with Crippen LogP contribution in [0.5, 0.6) is 0 Å². The van der Waals surface area contributed by atoms with Gasteiger partial charge in [0, 0.05) is 6.92 Å². The normalized spacial score (nSPS) is 14.5. The summed E-state index contributed by atoms with van der Waals surface area (Å²) in [7, 11) is 0. The summed E-state index contributed by atoms with van der Waals surface area (Å²) in [6, 6.07) is 6.95. The molecule has 6 nitrogen and oxygen atoms in total. The Balaban J connectivity index is 3.03. The molecule has 2 amide bonds. The van der Waals surface area contributed by atoms with Crippen LogP contribution in [-0.2, 0) is 14.4 Å². The number of carbonyl (C=O) groups is 3. The molecule has 0 aliphatic carbocycles. The van der Waals surface area contributed by atoms with E-state index in [1.807, 2.05) is 6.07 Å². The summed E-state index contributed by atoms with van der Waals surface area (Å²) in [4.78, 5) is 36.1. The van der Waals surface area contributed by atoms with Gasteiger partial charge in [-0.2, -0.15) is 0 Å². The van der Waals surface area contributed by atoms with Gasteiger partial charge in [0.2, 0.25) is 11.8 Å². The number of nitrogens with zero attached hydrogens (tertiary/aromatic N) is 1. The summed E-state index contributed by atoms with van der Waals surface area (Å²) in [5, 5.41) is 12.2. The maximum atomic E-state index is 12.2. The second-order valence-corrected chi connectivity index (χ2v) is 5.14. The molecule has 1 rings (SSSR count). The van der Waals surface area contributed by atoms with Gasteiger partial charge in [-0.15, -0.1) is 0 Å². The monoisotopic (exact) mass is 306 g/mol. The summed E-state index contributed by atoms with van der Waals surface area (Å²) < 4.78 is 0. The molecule has 0 saturated heterocycles. The Kier molecular flexibility index (Phi) is 6.72. The molecule has 0 fully saturated rings. The largest absolute Gasteiger partial charge is 0.394 e. The predicted octanol–water partition coefficient (Wildman–Crippen LogP) is 0.661. The molecule has 6 heteroatoms. The third-order valence-corrected chi connectivity index (χ3v) is 3.43. The number of benzene rings is 1. The average molecular weight is 306 g/mol. The van der Waals surface area contributed by atoms with Crippen LogP contribution >= 0.6 is 0 Å². The molecule has 120 valence electrons. The van der Waals surface area contributed by atoms with Crippen LogP contribution in [0.15, 0.2) is 30.3 Å². The summed E-state index contributed by atoms with van der Waals surface area (Å²) in [5.41, 5.74) is 0.739. The van der Waals surface area contributed by atoms with Crippen molar-refractivity contribution in [3.63, 3.8) is 0 Å². The molecule has 2 N–H and O–H groups in total. The van der Waals surface area contributed by atoms with Crippen molar-refractivity contribution in [1.29, 1.82) is 0 Å². The van der Waals surface area contributed by atoms with Crippen molar-refractivity contribution in [3.05, 3.63) is 35.9 Å². The Labute approximate surface area is 130 Å². The van der Waals surface area contributed by atoms with Crippen molar-refractivity contribution >= 4 is 18.1 Å². The van der Waals surface area contributed by atoms with Gasteiger partial charge in [0.1, 0.15) is 12.3 Å². The molecule has 0 bridgehead atoms. The fraction of sp³-hybridized carbons (Fsp3) is 0.438. The standard InChI is InChI=1S/C16H22N2O4/c1-11(9-19)17-16(22)12(2)18(13(3)21)15(10-20)14-7-5-4-6-8-14/h4-9,11-12,15,20H,10H2,1-3H3,(H,17,22)/t11-,12-,15-/m0/s1. The maximum Gasteiger partial charge on any atom is 0.243 e. The van der Waals surface area contributed by atoms with Gasteiger partial charge < -0.3 is 20.1 Å². The molecule has 0 spiro atoms. The number of carbonyl (C=O) groups excluding carboxylic acids is 3. The van der Waals surface area contributed by atoms with Crippen LogP contribution in [0.2, 0.25) is 0 Å². The van der Waals surface area contributed by atoms with Crippen molar-refractivity contribution < 1.29 is 19.5 Å². The number of hydrogen-bond donors (Lipinski definition) is 2. The lowest BCUT2D eigenvalue weighted by Gasteiger charge is -2.34. The number of amides is 2. The van der Waals surface area contributed by atoms with Crippen LogP contribution in [0.1, 0.15) is 32.4 Å². The molecule has 22 heavy (non-hydrogen) atoms. The Bertz CT molecular complexity index is 518. The second kappa shape index (κ2) is 8.29. The highest BCUT2D eigenvalue weighted by Crippen LogP contribution is 2.23. The van der Waals surface area contributed by atoms with Gasteiger partial charge in [-0.1, -0.05) is 30.3 Å². The lowest BCUT2D eigenvalue weighted by Crippen LogP contribution is -2.51. The predicted molar refractivity (Wildman–Crippen MR) is 81.9 cm³/mol. The van der Waals surface area contributed by atoms with Crippen molar-refractivity contribution in [3.8, 4) is 0 Å². The van der Waals surface area contributed by atoms with Crippen LogP contribution < -0.4 is 5.32 Å². The van der Waals surface area contributed by atoms with Gasteiger partial charge >= 0.3 is 0 Å². The highest BCUT2D eigenvalue weighted by Gasteiger charge is 2.31. The quantitative estimate of drug-likeness (QED) is 0.725. The number of aliphatic hydroxyl groups excluding tert-OH is 1. The number of aliphatic hydroxyl groups is 1. The molecule has 3 atom stereocenters. The smallest absolute Gasteiger partial charge is 0.243 e. The molecule has 0 aliphatic heterocycles. The number of nitrogens with one attached hydrogen (secondary N) is 1. The lowest BCUT2D eigenvalue weighted by atomic mass is 10.0. The fourth-order valence-electron chi connectivity index (χ4n) is 2.30.